The summed E-state index contributed by atoms with van der Waals surface area (Å²) >= 11 is 0. The van der Waals surface area contributed by atoms with E-state index in [0.717, 1.165) is 6.92 Å². The molecule has 0 saturated carbocycles. The van der Waals surface area contributed by atoms with E-state index in [9.17, 15) is 15.0 Å². The quantitative estimate of drug-likeness (QED) is 0.488. The smallest absolute Gasteiger partial charge is 0.340 e. The topological polar surface area (TPSA) is 87.0 Å². The van der Waals surface area contributed by atoms with Crippen molar-refractivity contribution in [2.75, 3.05) is 13.2 Å². The minimum atomic E-state index is -1.95. The summed E-state index contributed by atoms with van der Waals surface area (Å²) < 4.78 is 4.54. The summed E-state index contributed by atoms with van der Waals surface area (Å²) in [6.07, 6.45) is -1.37. The second-order valence-electron chi connectivity index (χ2n) is 2.90. The van der Waals surface area contributed by atoms with E-state index in [2.05, 4.69) is 4.74 Å². The van der Waals surface area contributed by atoms with Crippen LogP contribution in [0, 0.1) is 0 Å². The summed E-state index contributed by atoms with van der Waals surface area (Å²) in [4.78, 5) is 11.1. The molecule has 0 rings (SSSR count). The average molecular weight is 192 g/mol. The van der Waals surface area contributed by atoms with Gasteiger partial charge < -0.3 is 20.1 Å². The third-order valence-electron chi connectivity index (χ3n) is 1.74. The van der Waals surface area contributed by atoms with Crippen molar-refractivity contribution >= 4 is 5.97 Å². The number of hydrogen-bond acceptors (Lipinski definition) is 5. The van der Waals surface area contributed by atoms with Gasteiger partial charge in [0, 0.05) is 6.61 Å². The van der Waals surface area contributed by atoms with Gasteiger partial charge in [0.05, 0.1) is 12.7 Å². The molecule has 0 fully saturated rings. The highest BCUT2D eigenvalue weighted by molar-refractivity contribution is 5.79. The SMILES string of the molecule is CCOC(=O)C(C)(O)C(O)CCO. The lowest BCUT2D eigenvalue weighted by atomic mass is 9.97. The minimum Gasteiger partial charge on any atom is -0.464 e. The lowest BCUT2D eigenvalue weighted by molar-refractivity contribution is -0.175. The molecule has 0 heterocycles. The highest BCUT2D eigenvalue weighted by Crippen LogP contribution is 2.14. The first-order valence-electron chi connectivity index (χ1n) is 4.15. The van der Waals surface area contributed by atoms with Crippen LogP contribution in [0.4, 0.5) is 0 Å². The van der Waals surface area contributed by atoms with Crippen LogP contribution in [0.5, 0.6) is 0 Å². The summed E-state index contributed by atoms with van der Waals surface area (Å²) in [5.74, 6) is -0.879. The number of rotatable bonds is 5. The van der Waals surface area contributed by atoms with Crippen molar-refractivity contribution < 1.29 is 24.9 Å². The van der Waals surface area contributed by atoms with Crippen LogP contribution in [-0.2, 0) is 9.53 Å². The van der Waals surface area contributed by atoms with Crippen LogP contribution in [0.25, 0.3) is 0 Å². The van der Waals surface area contributed by atoms with E-state index >= 15 is 0 Å². The lowest BCUT2D eigenvalue weighted by Gasteiger charge is -2.25. The zero-order chi connectivity index (χ0) is 10.5. The molecule has 0 aliphatic heterocycles. The Labute approximate surface area is 77.0 Å². The molecule has 0 spiro atoms. The van der Waals surface area contributed by atoms with E-state index in [0.29, 0.717) is 0 Å². The van der Waals surface area contributed by atoms with Gasteiger partial charge in [-0.2, -0.15) is 0 Å². The second-order valence-corrected chi connectivity index (χ2v) is 2.90. The Kier molecular flexibility index (Phi) is 4.90. The molecule has 0 saturated heterocycles. The number of aliphatic hydroxyl groups excluding tert-OH is 2. The van der Waals surface area contributed by atoms with Gasteiger partial charge >= 0.3 is 5.97 Å². The number of ether oxygens (including phenoxy) is 1. The van der Waals surface area contributed by atoms with Crippen molar-refractivity contribution in [1.82, 2.24) is 0 Å². The Morgan fingerprint density at radius 3 is 2.54 bits per heavy atom. The molecule has 2 unspecified atom stereocenters. The van der Waals surface area contributed by atoms with Gasteiger partial charge in [0.25, 0.3) is 0 Å². The van der Waals surface area contributed by atoms with Gasteiger partial charge in [0.1, 0.15) is 0 Å². The normalized spacial score (nSPS) is 17.6. The molecule has 0 aromatic carbocycles. The van der Waals surface area contributed by atoms with Crippen LogP contribution in [0.1, 0.15) is 20.3 Å². The van der Waals surface area contributed by atoms with E-state index in [4.69, 9.17) is 5.11 Å². The van der Waals surface area contributed by atoms with Crippen molar-refractivity contribution in [3.63, 3.8) is 0 Å². The summed E-state index contributed by atoms with van der Waals surface area (Å²) in [6, 6.07) is 0. The largest absolute Gasteiger partial charge is 0.464 e. The molecule has 0 aromatic rings. The molecule has 5 heteroatoms. The molecule has 0 aliphatic carbocycles. The number of aliphatic hydroxyl groups is 3. The standard InChI is InChI=1S/C8H16O5/c1-3-13-7(11)8(2,12)6(10)4-5-9/h6,9-10,12H,3-5H2,1-2H3. The molecule has 13 heavy (non-hydrogen) atoms. The number of esters is 1. The maximum Gasteiger partial charge on any atom is 0.340 e. The lowest BCUT2D eigenvalue weighted by Crippen LogP contribution is -2.48. The summed E-state index contributed by atoms with van der Waals surface area (Å²) in [5, 5.41) is 27.2. The van der Waals surface area contributed by atoms with Crippen molar-refractivity contribution in [1.29, 1.82) is 0 Å². The molecular formula is C8H16O5. The zero-order valence-corrected chi connectivity index (χ0v) is 7.86. The van der Waals surface area contributed by atoms with Crippen LogP contribution >= 0.6 is 0 Å². The van der Waals surface area contributed by atoms with E-state index in [1.807, 2.05) is 0 Å². The van der Waals surface area contributed by atoms with Gasteiger partial charge in [-0.1, -0.05) is 0 Å². The number of hydrogen-bond donors (Lipinski definition) is 3. The monoisotopic (exact) mass is 192 g/mol. The Hall–Kier alpha value is -0.650. The Morgan fingerprint density at radius 1 is 1.62 bits per heavy atom. The van der Waals surface area contributed by atoms with Gasteiger partial charge in [-0.3, -0.25) is 0 Å². The van der Waals surface area contributed by atoms with E-state index < -0.39 is 17.7 Å². The summed E-state index contributed by atoms with van der Waals surface area (Å²) in [5.41, 5.74) is -1.95. The van der Waals surface area contributed by atoms with Gasteiger partial charge in [-0.05, 0) is 20.3 Å². The molecule has 0 amide bonds. The van der Waals surface area contributed by atoms with E-state index in [1.54, 1.807) is 6.92 Å². The number of carbonyl (C=O) groups is 1. The predicted molar refractivity (Wildman–Crippen MR) is 45.0 cm³/mol. The molecule has 5 nitrogen and oxygen atoms in total. The molecule has 3 N–H and O–H groups in total. The summed E-state index contributed by atoms with van der Waals surface area (Å²) in [7, 11) is 0. The minimum absolute atomic E-state index is 0.0637. The highest BCUT2D eigenvalue weighted by Gasteiger charge is 2.39. The van der Waals surface area contributed by atoms with Gasteiger partial charge in [0.15, 0.2) is 5.60 Å². The van der Waals surface area contributed by atoms with Crippen LogP contribution in [0.15, 0.2) is 0 Å². The first-order chi connectivity index (χ1) is 5.96. The second kappa shape index (κ2) is 5.16. The van der Waals surface area contributed by atoms with E-state index in [-0.39, 0.29) is 19.6 Å². The Balaban J connectivity index is 4.26. The van der Waals surface area contributed by atoms with Gasteiger partial charge in [0.2, 0.25) is 0 Å². The third-order valence-corrected chi connectivity index (χ3v) is 1.74. The molecule has 0 radical (unpaired) electrons. The first-order valence-corrected chi connectivity index (χ1v) is 4.15. The maximum absolute atomic E-state index is 11.1. The fraction of sp³-hybridized carbons (Fsp3) is 0.875. The Bertz CT molecular complexity index is 166. The predicted octanol–water partition coefficient (Wildman–Crippen LogP) is -0.956. The third kappa shape index (κ3) is 3.30. The highest BCUT2D eigenvalue weighted by atomic mass is 16.6. The van der Waals surface area contributed by atoms with Gasteiger partial charge in [-0.15, -0.1) is 0 Å². The zero-order valence-electron chi connectivity index (χ0n) is 7.86. The van der Waals surface area contributed by atoms with Crippen LogP contribution in [0.2, 0.25) is 0 Å². The fourth-order valence-corrected chi connectivity index (χ4v) is 0.817. The summed E-state index contributed by atoms with van der Waals surface area (Å²) in [6.45, 7) is 2.61. The fourth-order valence-electron chi connectivity index (χ4n) is 0.817. The van der Waals surface area contributed by atoms with Crippen LogP contribution in [-0.4, -0.2) is 46.2 Å². The molecule has 2 atom stereocenters. The molecular weight excluding hydrogens is 176 g/mol. The Morgan fingerprint density at radius 2 is 2.15 bits per heavy atom. The average Bonchev–Trinajstić information content (AvgIpc) is 2.05. The molecule has 78 valence electrons. The molecule has 0 aliphatic rings. The number of carbonyl (C=O) groups excluding carboxylic acids is 1. The van der Waals surface area contributed by atoms with Crippen LogP contribution < -0.4 is 0 Å². The molecule has 0 bridgehead atoms. The molecule has 0 aromatic heterocycles. The van der Waals surface area contributed by atoms with Crippen LogP contribution in [0.3, 0.4) is 0 Å². The van der Waals surface area contributed by atoms with Crippen molar-refractivity contribution in [2.24, 2.45) is 0 Å². The van der Waals surface area contributed by atoms with Crippen molar-refractivity contribution in [2.45, 2.75) is 32.0 Å². The first kappa shape index (κ1) is 12.3. The maximum atomic E-state index is 11.1. The van der Waals surface area contributed by atoms with Crippen molar-refractivity contribution in [3.8, 4) is 0 Å². The van der Waals surface area contributed by atoms with E-state index in [1.165, 1.54) is 0 Å². The van der Waals surface area contributed by atoms with Gasteiger partial charge in [-0.25, -0.2) is 4.79 Å². The van der Waals surface area contributed by atoms with Crippen molar-refractivity contribution in [3.05, 3.63) is 0 Å².